The molecule has 4 aromatic rings. The van der Waals surface area contributed by atoms with E-state index < -0.39 is 0 Å². The molecule has 0 aromatic heterocycles. The molecule has 10 rings (SSSR count). The van der Waals surface area contributed by atoms with Crippen molar-refractivity contribution in [2.75, 3.05) is 39.3 Å². The van der Waals surface area contributed by atoms with Crippen molar-refractivity contribution in [3.63, 3.8) is 0 Å². The molecule has 0 saturated carbocycles. The molecule has 6 aliphatic rings. The highest BCUT2D eigenvalue weighted by atomic mass is 79.9. The van der Waals surface area contributed by atoms with E-state index in [-0.39, 0.29) is 34.0 Å². The topological polar surface area (TPSA) is 0 Å². The summed E-state index contributed by atoms with van der Waals surface area (Å²) in [6.45, 7) is 10.6. The van der Waals surface area contributed by atoms with E-state index in [4.69, 9.17) is 0 Å². The van der Waals surface area contributed by atoms with Gasteiger partial charge >= 0.3 is 0 Å². The molecule has 6 aliphatic heterocycles. The molecule has 4 bridgehead atoms. The lowest BCUT2D eigenvalue weighted by Crippen LogP contribution is -3.00. The monoisotopic (exact) mass is 660 g/mol. The first-order valence-electron chi connectivity index (χ1n) is 15.4. The first kappa shape index (κ1) is 28.4. The van der Waals surface area contributed by atoms with Crippen LogP contribution in [0.1, 0.15) is 49.7 Å². The fourth-order valence-corrected chi connectivity index (χ4v) is 8.96. The molecule has 0 spiro atoms. The van der Waals surface area contributed by atoms with Crippen LogP contribution in [0.15, 0.2) is 72.8 Å². The number of hydrogen-bond acceptors (Lipinski definition) is 0. The van der Waals surface area contributed by atoms with Gasteiger partial charge in [0.05, 0.1) is 39.3 Å². The summed E-state index contributed by atoms with van der Waals surface area (Å²) >= 11 is 0. The predicted molar refractivity (Wildman–Crippen MR) is 159 cm³/mol. The highest BCUT2D eigenvalue weighted by molar-refractivity contribution is 6.07. The Hall–Kier alpha value is -1.72. The highest BCUT2D eigenvalue weighted by Gasteiger charge is 2.42. The van der Waals surface area contributed by atoms with Gasteiger partial charge in [0.1, 0.15) is 13.1 Å². The largest absolute Gasteiger partial charge is 1.00 e. The fourth-order valence-electron chi connectivity index (χ4n) is 8.96. The van der Waals surface area contributed by atoms with E-state index in [2.05, 4.69) is 72.8 Å². The number of fused-ring (bicyclic) bond motifs is 8. The van der Waals surface area contributed by atoms with Gasteiger partial charge in [0.25, 0.3) is 0 Å². The van der Waals surface area contributed by atoms with Gasteiger partial charge in [-0.25, -0.2) is 0 Å². The lowest BCUT2D eigenvalue weighted by Gasteiger charge is -2.50. The number of quaternary nitrogens is 2. The van der Waals surface area contributed by atoms with E-state index >= 15 is 0 Å². The van der Waals surface area contributed by atoms with Crippen molar-refractivity contribution in [2.24, 2.45) is 11.8 Å². The van der Waals surface area contributed by atoms with E-state index in [1.807, 2.05) is 0 Å². The molecule has 40 heavy (non-hydrogen) atoms. The molecule has 0 amide bonds. The fraction of sp³-hybridized carbons (Fsp3) is 0.444. The number of benzene rings is 4. The van der Waals surface area contributed by atoms with Crippen LogP contribution >= 0.6 is 0 Å². The number of piperidine rings is 6. The van der Waals surface area contributed by atoms with Crippen LogP contribution in [0.3, 0.4) is 0 Å². The number of hydrogen-bond donors (Lipinski definition) is 0. The molecule has 2 nitrogen and oxygen atoms in total. The quantitative estimate of drug-likeness (QED) is 0.287. The van der Waals surface area contributed by atoms with Gasteiger partial charge in [0.2, 0.25) is 0 Å². The van der Waals surface area contributed by atoms with Crippen LogP contribution in [0.5, 0.6) is 0 Å². The average Bonchev–Trinajstić information content (AvgIpc) is 2.99. The molecule has 210 valence electrons. The molecule has 6 saturated heterocycles. The zero-order valence-corrected chi connectivity index (χ0v) is 26.8. The molecule has 6 fully saturated rings. The second kappa shape index (κ2) is 11.2. The molecule has 4 aromatic carbocycles. The van der Waals surface area contributed by atoms with Crippen molar-refractivity contribution in [3.8, 4) is 11.1 Å². The van der Waals surface area contributed by atoms with Gasteiger partial charge in [0, 0.05) is 11.1 Å². The Bertz CT molecular complexity index is 1370. The predicted octanol–water partition coefficient (Wildman–Crippen LogP) is 1.93. The molecule has 0 unspecified atom stereocenters. The zero-order valence-electron chi connectivity index (χ0n) is 23.6. The Morgan fingerprint density at radius 3 is 1.18 bits per heavy atom. The molecule has 0 N–H and O–H groups in total. The minimum atomic E-state index is 0. The normalized spacial score (nSPS) is 28.8. The molecule has 0 atom stereocenters. The molecule has 4 heteroatoms. The van der Waals surface area contributed by atoms with Crippen LogP contribution in [0.2, 0.25) is 0 Å². The molecule has 0 aliphatic carbocycles. The van der Waals surface area contributed by atoms with E-state index in [0.29, 0.717) is 0 Å². The molecule has 6 heterocycles. The van der Waals surface area contributed by atoms with Gasteiger partial charge in [-0.3, -0.25) is 0 Å². The van der Waals surface area contributed by atoms with Crippen molar-refractivity contribution in [1.82, 2.24) is 0 Å². The minimum Gasteiger partial charge on any atom is -1.00 e. The maximum absolute atomic E-state index is 2.51. The zero-order chi connectivity index (χ0) is 25.2. The minimum absolute atomic E-state index is 0. The summed E-state index contributed by atoms with van der Waals surface area (Å²) in [4.78, 5) is 0. The average molecular weight is 663 g/mol. The van der Waals surface area contributed by atoms with E-state index in [9.17, 15) is 0 Å². The first-order chi connectivity index (χ1) is 18.7. The molecular weight excluding hydrogens is 620 g/mol. The van der Waals surface area contributed by atoms with Crippen LogP contribution in [0.25, 0.3) is 32.7 Å². The van der Waals surface area contributed by atoms with Crippen LogP contribution in [-0.2, 0) is 13.1 Å². The van der Waals surface area contributed by atoms with Crippen molar-refractivity contribution in [2.45, 2.75) is 51.6 Å². The first-order valence-corrected chi connectivity index (χ1v) is 15.4. The lowest BCUT2D eigenvalue weighted by molar-refractivity contribution is -0.955. The number of nitrogens with zero attached hydrogens (tertiary/aromatic N) is 2. The summed E-state index contributed by atoms with van der Waals surface area (Å²) in [5.41, 5.74) is 6.25. The van der Waals surface area contributed by atoms with Crippen LogP contribution < -0.4 is 34.0 Å². The summed E-state index contributed by atoms with van der Waals surface area (Å²) in [6, 6.07) is 28.2. The third kappa shape index (κ3) is 4.87. The lowest BCUT2D eigenvalue weighted by atomic mass is 9.82. The summed E-state index contributed by atoms with van der Waals surface area (Å²) < 4.78 is 2.62. The Labute approximate surface area is 261 Å². The van der Waals surface area contributed by atoms with Gasteiger partial charge in [-0.1, -0.05) is 72.8 Å². The second-order valence-electron chi connectivity index (χ2n) is 13.4. The van der Waals surface area contributed by atoms with Crippen LogP contribution in [0.4, 0.5) is 0 Å². The van der Waals surface area contributed by atoms with Gasteiger partial charge < -0.3 is 42.9 Å². The molecular formula is C36H42Br2N2. The van der Waals surface area contributed by atoms with Crippen molar-refractivity contribution in [1.29, 1.82) is 0 Å². The van der Waals surface area contributed by atoms with E-state index in [0.717, 1.165) is 11.8 Å². The third-order valence-electron chi connectivity index (χ3n) is 11.4. The third-order valence-corrected chi connectivity index (χ3v) is 11.4. The Kier molecular flexibility index (Phi) is 7.93. The second-order valence-corrected chi connectivity index (χ2v) is 13.4. The van der Waals surface area contributed by atoms with Crippen molar-refractivity contribution >= 4 is 21.5 Å². The van der Waals surface area contributed by atoms with Crippen molar-refractivity contribution in [3.05, 3.63) is 83.9 Å². The smallest absolute Gasteiger partial charge is 0.105 e. The van der Waals surface area contributed by atoms with Gasteiger partial charge in [-0.05, 0) is 83.0 Å². The maximum atomic E-state index is 2.51. The Morgan fingerprint density at radius 2 is 0.800 bits per heavy atom. The van der Waals surface area contributed by atoms with Crippen LogP contribution in [0, 0.1) is 11.8 Å². The standard InChI is InChI=1S/C36H42N2.2BrH/c1-3-7-33-29(5-1)9-11-31(25-37-19-13-27(14-20-37)15-21-37)35(33)36-32(12-10-30-6-2-4-8-34(30)36)26-38-22-16-28(17-23-38)18-24-38;;/h1-12,27-28H,13-26H2;2*1H/q+2;;/p-2. The summed E-state index contributed by atoms with van der Waals surface area (Å²) in [5.74, 6) is 2.00. The Balaban J connectivity index is 0.00000145. The van der Waals surface area contributed by atoms with Gasteiger partial charge in [-0.2, -0.15) is 0 Å². The van der Waals surface area contributed by atoms with Crippen molar-refractivity contribution < 1.29 is 42.9 Å². The summed E-state index contributed by atoms with van der Waals surface area (Å²) in [6.07, 6.45) is 8.60. The number of halogens is 2. The SMILES string of the molecule is [Br-].[Br-].c1ccc2c(-c3c(C[N+]45CCC(CC4)CC5)ccc4ccccc34)c(C[N+]34CCC(CC3)CC4)ccc2c1. The number of rotatable bonds is 5. The van der Waals surface area contributed by atoms with Gasteiger partial charge in [-0.15, -0.1) is 0 Å². The highest BCUT2D eigenvalue weighted by Crippen LogP contribution is 2.44. The molecule has 0 radical (unpaired) electrons. The maximum Gasteiger partial charge on any atom is 0.105 e. The van der Waals surface area contributed by atoms with Gasteiger partial charge in [0.15, 0.2) is 0 Å². The van der Waals surface area contributed by atoms with E-state index in [1.54, 1.807) is 22.3 Å². The van der Waals surface area contributed by atoms with E-state index in [1.165, 1.54) is 121 Å². The van der Waals surface area contributed by atoms with Crippen LogP contribution in [-0.4, -0.2) is 48.2 Å². The Morgan fingerprint density at radius 1 is 0.450 bits per heavy atom. The summed E-state index contributed by atoms with van der Waals surface area (Å²) in [5, 5.41) is 5.66. The summed E-state index contributed by atoms with van der Waals surface area (Å²) in [7, 11) is 0.